The summed E-state index contributed by atoms with van der Waals surface area (Å²) in [6.45, 7) is 3.33. The minimum absolute atomic E-state index is 0.749. The average molecular weight is 279 g/mol. The number of nitrogens with zero attached hydrogens (tertiary/aromatic N) is 2. The van der Waals surface area contributed by atoms with Gasteiger partial charge in [0.2, 0.25) is 0 Å². The van der Waals surface area contributed by atoms with Gasteiger partial charge in [0.25, 0.3) is 0 Å². The summed E-state index contributed by atoms with van der Waals surface area (Å²) in [4.78, 5) is 2.19. The van der Waals surface area contributed by atoms with E-state index in [1.54, 1.807) is 0 Å². The van der Waals surface area contributed by atoms with Crippen LogP contribution in [0.2, 0.25) is 0 Å². The highest BCUT2D eigenvalue weighted by Crippen LogP contribution is 2.39. The van der Waals surface area contributed by atoms with E-state index in [0.29, 0.717) is 0 Å². The van der Waals surface area contributed by atoms with E-state index in [0.717, 1.165) is 34.1 Å². The van der Waals surface area contributed by atoms with E-state index in [1.807, 2.05) is 18.2 Å². The summed E-state index contributed by atoms with van der Waals surface area (Å²) in [6, 6.07) is 8.05. The molecule has 0 aromatic heterocycles. The van der Waals surface area contributed by atoms with E-state index >= 15 is 0 Å². The zero-order valence-corrected chi connectivity index (χ0v) is 11.2. The van der Waals surface area contributed by atoms with Gasteiger partial charge in [-0.05, 0) is 36.5 Å². The largest absolute Gasteiger partial charge is 0.373 e. The molecule has 84 valence electrons. The highest BCUT2D eigenvalue weighted by molar-refractivity contribution is 9.10. The van der Waals surface area contributed by atoms with E-state index in [2.05, 4.69) is 40.9 Å². The molecule has 1 aliphatic rings. The van der Waals surface area contributed by atoms with Gasteiger partial charge in [-0.15, -0.1) is 0 Å². The van der Waals surface area contributed by atoms with Crippen LogP contribution in [-0.2, 0) is 0 Å². The fraction of sp³-hybridized carbons (Fsp3) is 0.462. The molecule has 0 amide bonds. The van der Waals surface area contributed by atoms with Crippen LogP contribution in [0.25, 0.3) is 0 Å². The highest BCUT2D eigenvalue weighted by atomic mass is 79.9. The van der Waals surface area contributed by atoms with Crippen LogP contribution in [0.5, 0.6) is 0 Å². The molecule has 1 aromatic carbocycles. The Morgan fingerprint density at radius 3 is 2.81 bits per heavy atom. The molecule has 2 rings (SSSR count). The summed E-state index contributed by atoms with van der Waals surface area (Å²) >= 11 is 3.45. The average Bonchev–Trinajstić information content (AvgIpc) is 2.94. The molecule has 1 aliphatic carbocycles. The van der Waals surface area contributed by atoms with Crippen molar-refractivity contribution in [1.29, 1.82) is 5.26 Å². The smallest absolute Gasteiger partial charge is 0.101 e. The summed E-state index contributed by atoms with van der Waals surface area (Å²) in [5.74, 6) is 1.65. The first kappa shape index (κ1) is 11.5. The number of hydrogen-bond donors (Lipinski definition) is 0. The Bertz CT molecular complexity index is 436. The molecular formula is C13H15BrN2. The Hall–Kier alpha value is -1.01. The standard InChI is InChI=1S/C13H15BrN2/c1-9-5-11(9)8-16(2)13-6-12(14)4-3-10(13)7-15/h3-4,6,9,11H,5,8H2,1-2H3. The predicted octanol–water partition coefficient (Wildman–Crippen LogP) is 3.41. The molecule has 0 radical (unpaired) electrons. The Labute approximate surface area is 105 Å². The van der Waals surface area contributed by atoms with Gasteiger partial charge in [0, 0.05) is 18.1 Å². The normalized spacial score (nSPS) is 22.6. The number of halogens is 1. The first-order chi connectivity index (χ1) is 7.61. The molecule has 3 heteroatoms. The van der Waals surface area contributed by atoms with Crippen LogP contribution in [0, 0.1) is 23.2 Å². The van der Waals surface area contributed by atoms with Gasteiger partial charge in [0.1, 0.15) is 6.07 Å². The second-order valence-corrected chi connectivity index (χ2v) is 5.54. The Morgan fingerprint density at radius 2 is 2.25 bits per heavy atom. The number of anilines is 1. The molecule has 2 atom stereocenters. The Balaban J connectivity index is 2.18. The topological polar surface area (TPSA) is 27.0 Å². The molecule has 0 heterocycles. The van der Waals surface area contributed by atoms with Gasteiger partial charge in [0.15, 0.2) is 0 Å². The summed E-state index contributed by atoms with van der Waals surface area (Å²) in [7, 11) is 2.06. The van der Waals surface area contributed by atoms with Crippen LogP contribution in [0.15, 0.2) is 22.7 Å². The molecule has 2 nitrogen and oxygen atoms in total. The Kier molecular flexibility index (Phi) is 3.20. The Morgan fingerprint density at radius 1 is 1.56 bits per heavy atom. The summed E-state index contributed by atoms with van der Waals surface area (Å²) < 4.78 is 1.03. The van der Waals surface area contributed by atoms with Crippen LogP contribution in [0.4, 0.5) is 5.69 Å². The zero-order valence-electron chi connectivity index (χ0n) is 9.57. The molecular weight excluding hydrogens is 264 g/mol. The molecule has 2 unspecified atom stereocenters. The maximum Gasteiger partial charge on any atom is 0.101 e. The summed E-state index contributed by atoms with van der Waals surface area (Å²) in [5, 5.41) is 9.07. The van der Waals surface area contributed by atoms with Crippen LogP contribution >= 0.6 is 15.9 Å². The molecule has 1 fully saturated rings. The van der Waals surface area contributed by atoms with Gasteiger partial charge in [-0.1, -0.05) is 22.9 Å². The van der Waals surface area contributed by atoms with E-state index in [-0.39, 0.29) is 0 Å². The molecule has 0 aliphatic heterocycles. The minimum Gasteiger partial charge on any atom is -0.373 e. The SMILES string of the molecule is CC1CC1CN(C)c1cc(Br)ccc1C#N. The number of nitriles is 1. The molecule has 0 bridgehead atoms. The van der Waals surface area contributed by atoms with Crippen molar-refractivity contribution in [3.8, 4) is 6.07 Å². The van der Waals surface area contributed by atoms with Crippen LogP contribution in [0.1, 0.15) is 18.9 Å². The van der Waals surface area contributed by atoms with E-state index in [1.165, 1.54) is 6.42 Å². The number of hydrogen-bond acceptors (Lipinski definition) is 2. The van der Waals surface area contributed by atoms with Crippen molar-refractivity contribution in [2.75, 3.05) is 18.5 Å². The molecule has 0 N–H and O–H groups in total. The third-order valence-corrected chi connectivity index (χ3v) is 3.77. The van der Waals surface area contributed by atoms with Crippen molar-refractivity contribution >= 4 is 21.6 Å². The molecule has 16 heavy (non-hydrogen) atoms. The summed E-state index contributed by atoms with van der Waals surface area (Å²) in [5.41, 5.74) is 1.77. The maximum atomic E-state index is 9.07. The number of benzene rings is 1. The zero-order chi connectivity index (χ0) is 11.7. The lowest BCUT2D eigenvalue weighted by Crippen LogP contribution is -2.21. The number of rotatable bonds is 3. The van der Waals surface area contributed by atoms with Crippen molar-refractivity contribution in [3.05, 3.63) is 28.2 Å². The fourth-order valence-corrected chi connectivity index (χ4v) is 2.37. The lowest BCUT2D eigenvalue weighted by atomic mass is 10.1. The van der Waals surface area contributed by atoms with Gasteiger partial charge >= 0.3 is 0 Å². The maximum absolute atomic E-state index is 9.07. The van der Waals surface area contributed by atoms with Crippen molar-refractivity contribution in [1.82, 2.24) is 0 Å². The second kappa shape index (κ2) is 4.47. The fourth-order valence-electron chi connectivity index (χ4n) is 2.02. The van der Waals surface area contributed by atoms with Gasteiger partial charge in [0.05, 0.1) is 11.3 Å². The summed E-state index contributed by atoms with van der Waals surface area (Å²) in [6.07, 6.45) is 1.32. The molecule has 0 saturated heterocycles. The quantitative estimate of drug-likeness (QED) is 0.847. The van der Waals surface area contributed by atoms with Crippen molar-refractivity contribution in [2.24, 2.45) is 11.8 Å². The lowest BCUT2D eigenvalue weighted by molar-refractivity contribution is 0.725. The van der Waals surface area contributed by atoms with Crippen molar-refractivity contribution in [2.45, 2.75) is 13.3 Å². The highest BCUT2D eigenvalue weighted by Gasteiger charge is 2.33. The minimum atomic E-state index is 0.749. The molecule has 1 saturated carbocycles. The third-order valence-electron chi connectivity index (χ3n) is 3.28. The van der Waals surface area contributed by atoms with Gasteiger partial charge in [-0.25, -0.2) is 0 Å². The van der Waals surface area contributed by atoms with Crippen molar-refractivity contribution in [3.63, 3.8) is 0 Å². The lowest BCUT2D eigenvalue weighted by Gasteiger charge is -2.20. The van der Waals surface area contributed by atoms with Crippen LogP contribution in [-0.4, -0.2) is 13.6 Å². The molecule has 0 spiro atoms. The van der Waals surface area contributed by atoms with Gasteiger partial charge in [-0.2, -0.15) is 5.26 Å². The van der Waals surface area contributed by atoms with E-state index in [9.17, 15) is 0 Å². The molecule has 1 aromatic rings. The van der Waals surface area contributed by atoms with E-state index in [4.69, 9.17) is 5.26 Å². The van der Waals surface area contributed by atoms with Crippen molar-refractivity contribution < 1.29 is 0 Å². The first-order valence-corrected chi connectivity index (χ1v) is 6.32. The first-order valence-electron chi connectivity index (χ1n) is 5.52. The van der Waals surface area contributed by atoms with Gasteiger partial charge in [-0.3, -0.25) is 0 Å². The van der Waals surface area contributed by atoms with Gasteiger partial charge < -0.3 is 4.90 Å². The third kappa shape index (κ3) is 2.38. The predicted molar refractivity (Wildman–Crippen MR) is 69.4 cm³/mol. The second-order valence-electron chi connectivity index (χ2n) is 4.63. The van der Waals surface area contributed by atoms with Crippen LogP contribution in [0.3, 0.4) is 0 Å². The van der Waals surface area contributed by atoms with E-state index < -0.39 is 0 Å². The monoisotopic (exact) mass is 278 g/mol. The van der Waals surface area contributed by atoms with Crippen LogP contribution < -0.4 is 4.90 Å².